The molecule has 156 valence electrons. The largest absolute Gasteiger partial charge is 0.493 e. The van der Waals surface area contributed by atoms with Crippen LogP contribution in [0.15, 0.2) is 54.2 Å². The minimum atomic E-state index is -0.450. The Morgan fingerprint density at radius 2 is 1.67 bits per heavy atom. The van der Waals surface area contributed by atoms with Crippen LogP contribution in [0.5, 0.6) is 11.5 Å². The van der Waals surface area contributed by atoms with Crippen LogP contribution in [0.3, 0.4) is 0 Å². The molecule has 8 heteroatoms. The molecule has 2 aromatic carbocycles. The van der Waals surface area contributed by atoms with E-state index in [0.29, 0.717) is 29.2 Å². The second-order valence-corrected chi connectivity index (χ2v) is 6.49. The molecule has 0 saturated carbocycles. The van der Waals surface area contributed by atoms with Gasteiger partial charge in [0.2, 0.25) is 0 Å². The second kappa shape index (κ2) is 9.13. The first-order valence-electron chi connectivity index (χ1n) is 9.20. The van der Waals surface area contributed by atoms with Crippen LogP contribution in [0.4, 0.5) is 5.69 Å². The third-order valence-corrected chi connectivity index (χ3v) is 4.67. The van der Waals surface area contributed by atoms with Crippen molar-refractivity contribution in [3.63, 3.8) is 0 Å². The lowest BCUT2D eigenvalue weighted by Crippen LogP contribution is -2.33. The van der Waals surface area contributed by atoms with Gasteiger partial charge in [-0.05, 0) is 48.4 Å². The Morgan fingerprint density at radius 1 is 0.967 bits per heavy atom. The van der Waals surface area contributed by atoms with Gasteiger partial charge < -0.3 is 19.5 Å². The fourth-order valence-corrected chi connectivity index (χ4v) is 3.05. The van der Waals surface area contributed by atoms with Crippen molar-refractivity contribution < 1.29 is 28.6 Å². The summed E-state index contributed by atoms with van der Waals surface area (Å²) in [6.07, 6.45) is 1.75. The molecule has 1 aliphatic rings. The zero-order valence-corrected chi connectivity index (χ0v) is 16.9. The van der Waals surface area contributed by atoms with Gasteiger partial charge in [-0.2, -0.15) is 0 Å². The average Bonchev–Trinajstić information content (AvgIpc) is 3.04. The van der Waals surface area contributed by atoms with Crippen LogP contribution in [0, 0.1) is 0 Å². The van der Waals surface area contributed by atoms with Gasteiger partial charge in [-0.25, -0.2) is 4.79 Å². The van der Waals surface area contributed by atoms with Crippen LogP contribution in [-0.2, 0) is 20.7 Å². The van der Waals surface area contributed by atoms with Gasteiger partial charge in [0.05, 0.1) is 26.9 Å². The summed E-state index contributed by atoms with van der Waals surface area (Å²) in [5, 5.41) is 2.93. The van der Waals surface area contributed by atoms with Gasteiger partial charge in [0, 0.05) is 18.3 Å². The van der Waals surface area contributed by atoms with E-state index in [2.05, 4.69) is 10.1 Å². The lowest BCUT2D eigenvalue weighted by Gasteiger charge is -2.16. The second-order valence-electron chi connectivity index (χ2n) is 6.49. The number of anilines is 1. The Labute approximate surface area is 174 Å². The van der Waals surface area contributed by atoms with Crippen LogP contribution in [0.2, 0.25) is 0 Å². The molecular formula is C22H22N2O6. The number of carbonyl (C=O) groups is 3. The monoisotopic (exact) mass is 410 g/mol. The van der Waals surface area contributed by atoms with Gasteiger partial charge in [0.1, 0.15) is 5.70 Å². The first kappa shape index (κ1) is 20.9. The third kappa shape index (κ3) is 4.43. The first-order valence-corrected chi connectivity index (χ1v) is 9.20. The lowest BCUT2D eigenvalue weighted by molar-refractivity contribution is -0.137. The minimum absolute atomic E-state index is 0.179. The molecule has 0 aliphatic carbocycles. The summed E-state index contributed by atoms with van der Waals surface area (Å²) >= 11 is 0. The molecular weight excluding hydrogens is 388 g/mol. The van der Waals surface area contributed by atoms with Crippen molar-refractivity contribution in [2.24, 2.45) is 0 Å². The molecule has 2 amide bonds. The Hall–Kier alpha value is -3.81. The summed E-state index contributed by atoms with van der Waals surface area (Å²) in [6, 6.07) is 11.9. The molecule has 1 N–H and O–H groups in total. The number of hydrogen-bond acceptors (Lipinski definition) is 7. The average molecular weight is 410 g/mol. The summed E-state index contributed by atoms with van der Waals surface area (Å²) < 4.78 is 15.2. The van der Waals surface area contributed by atoms with Gasteiger partial charge in [0.15, 0.2) is 11.5 Å². The number of benzene rings is 2. The SMILES string of the molecule is COC(=O)c1ccc(NC2=CC(=O)N(CCc3ccc(OC)c(OC)c3)C2=O)cc1. The molecule has 0 atom stereocenters. The number of hydrogen-bond donors (Lipinski definition) is 1. The number of rotatable bonds is 8. The maximum atomic E-state index is 12.6. The number of amides is 2. The number of carbonyl (C=O) groups excluding carboxylic acids is 3. The van der Waals surface area contributed by atoms with E-state index < -0.39 is 11.9 Å². The lowest BCUT2D eigenvalue weighted by atomic mass is 10.1. The number of methoxy groups -OCH3 is 3. The van der Waals surface area contributed by atoms with E-state index in [1.165, 1.54) is 18.1 Å². The quantitative estimate of drug-likeness (QED) is 0.527. The van der Waals surface area contributed by atoms with E-state index >= 15 is 0 Å². The molecule has 8 nitrogen and oxygen atoms in total. The number of ether oxygens (including phenoxy) is 3. The number of nitrogens with zero attached hydrogens (tertiary/aromatic N) is 1. The Balaban J connectivity index is 1.63. The van der Waals surface area contributed by atoms with Gasteiger partial charge in [0.25, 0.3) is 11.8 Å². The number of nitrogens with one attached hydrogen (secondary N) is 1. The van der Waals surface area contributed by atoms with Crippen molar-refractivity contribution in [1.29, 1.82) is 0 Å². The minimum Gasteiger partial charge on any atom is -0.493 e. The van der Waals surface area contributed by atoms with E-state index in [0.717, 1.165) is 5.56 Å². The zero-order chi connectivity index (χ0) is 21.7. The summed E-state index contributed by atoms with van der Waals surface area (Å²) in [6.45, 7) is 0.232. The standard InChI is InChI=1S/C22H22N2O6/c1-28-18-9-4-14(12-19(18)29-2)10-11-24-20(25)13-17(21(24)26)23-16-7-5-15(6-8-16)22(27)30-3/h4-9,12-13,23H,10-11H2,1-3H3. The molecule has 0 fully saturated rings. The summed E-state index contributed by atoms with van der Waals surface area (Å²) in [5.74, 6) is -0.0354. The molecule has 0 spiro atoms. The molecule has 1 aliphatic heterocycles. The molecule has 0 unspecified atom stereocenters. The maximum Gasteiger partial charge on any atom is 0.337 e. The molecule has 0 aromatic heterocycles. The molecule has 3 rings (SSSR count). The van der Waals surface area contributed by atoms with E-state index in [9.17, 15) is 14.4 Å². The predicted octanol–water partition coefficient (Wildman–Crippen LogP) is 2.40. The molecule has 0 saturated heterocycles. The van der Waals surface area contributed by atoms with Crippen LogP contribution in [0.25, 0.3) is 0 Å². The van der Waals surface area contributed by atoms with Crippen LogP contribution < -0.4 is 14.8 Å². The first-order chi connectivity index (χ1) is 14.5. The highest BCUT2D eigenvalue weighted by Gasteiger charge is 2.30. The van der Waals surface area contributed by atoms with E-state index in [-0.39, 0.29) is 18.1 Å². The molecule has 1 heterocycles. The van der Waals surface area contributed by atoms with Crippen molar-refractivity contribution in [3.8, 4) is 11.5 Å². The number of imide groups is 1. The van der Waals surface area contributed by atoms with Crippen LogP contribution >= 0.6 is 0 Å². The maximum absolute atomic E-state index is 12.6. The van der Waals surface area contributed by atoms with Crippen molar-refractivity contribution in [2.45, 2.75) is 6.42 Å². The number of esters is 1. The molecule has 30 heavy (non-hydrogen) atoms. The van der Waals surface area contributed by atoms with Crippen molar-refractivity contribution in [2.75, 3.05) is 33.2 Å². The van der Waals surface area contributed by atoms with E-state index in [1.807, 2.05) is 12.1 Å². The summed E-state index contributed by atoms with van der Waals surface area (Å²) in [5.41, 5.74) is 2.06. The normalized spacial score (nSPS) is 13.2. The summed E-state index contributed by atoms with van der Waals surface area (Å²) in [7, 11) is 4.41. The van der Waals surface area contributed by atoms with Gasteiger partial charge >= 0.3 is 5.97 Å². The molecule has 0 radical (unpaired) electrons. The predicted molar refractivity (Wildman–Crippen MR) is 109 cm³/mol. The van der Waals surface area contributed by atoms with Crippen LogP contribution in [0.1, 0.15) is 15.9 Å². The highest BCUT2D eigenvalue weighted by atomic mass is 16.5. The fraction of sp³-hybridized carbons (Fsp3) is 0.227. The zero-order valence-electron chi connectivity index (χ0n) is 16.9. The molecule has 0 bridgehead atoms. The van der Waals surface area contributed by atoms with Crippen molar-refractivity contribution in [1.82, 2.24) is 4.90 Å². The molecule has 2 aromatic rings. The van der Waals surface area contributed by atoms with Gasteiger partial charge in [-0.1, -0.05) is 6.07 Å². The van der Waals surface area contributed by atoms with Gasteiger partial charge in [-0.3, -0.25) is 14.5 Å². The van der Waals surface area contributed by atoms with Crippen molar-refractivity contribution >= 4 is 23.5 Å². The Morgan fingerprint density at radius 3 is 2.30 bits per heavy atom. The fourth-order valence-electron chi connectivity index (χ4n) is 3.05. The highest BCUT2D eigenvalue weighted by molar-refractivity contribution is 6.17. The topological polar surface area (TPSA) is 94.2 Å². The van der Waals surface area contributed by atoms with Gasteiger partial charge in [-0.15, -0.1) is 0 Å². The van der Waals surface area contributed by atoms with Crippen molar-refractivity contribution in [3.05, 3.63) is 65.4 Å². The van der Waals surface area contributed by atoms with Crippen LogP contribution in [-0.4, -0.2) is 50.6 Å². The van der Waals surface area contributed by atoms with E-state index in [4.69, 9.17) is 9.47 Å². The third-order valence-electron chi connectivity index (χ3n) is 4.67. The Bertz CT molecular complexity index is 997. The summed E-state index contributed by atoms with van der Waals surface area (Å²) in [4.78, 5) is 37.6. The smallest absolute Gasteiger partial charge is 0.337 e. The Kier molecular flexibility index (Phi) is 6.36. The highest BCUT2D eigenvalue weighted by Crippen LogP contribution is 2.28. The van der Waals surface area contributed by atoms with E-state index in [1.54, 1.807) is 44.6 Å².